The summed E-state index contributed by atoms with van der Waals surface area (Å²) in [4.78, 5) is 38.8. The SMILES string of the molecule is COC(=O)CC1C2(C)C3=C(C)C(C4=CCOC4=O)CC3OC2C2OCC3(C)C=CC(=O)C1(C)C23. The van der Waals surface area contributed by atoms with E-state index in [0.29, 0.717) is 25.2 Å². The number of carbonyl (C=O) groups is 3. The Hall–Kier alpha value is -2.25. The second-order valence-corrected chi connectivity index (χ2v) is 11.5. The fourth-order valence-electron chi connectivity index (χ4n) is 8.70. The maximum Gasteiger partial charge on any atom is 0.334 e. The Morgan fingerprint density at radius 1 is 1.21 bits per heavy atom. The number of rotatable bonds is 3. The first kappa shape index (κ1) is 22.2. The van der Waals surface area contributed by atoms with Crippen molar-refractivity contribution >= 4 is 17.7 Å². The van der Waals surface area contributed by atoms with Crippen LogP contribution in [0.5, 0.6) is 0 Å². The average Bonchev–Trinajstić information content (AvgIpc) is 3.53. The van der Waals surface area contributed by atoms with Gasteiger partial charge in [0.25, 0.3) is 0 Å². The van der Waals surface area contributed by atoms with Crippen LogP contribution in [-0.2, 0) is 33.3 Å². The molecule has 7 nitrogen and oxygen atoms in total. The number of hydrogen-bond donors (Lipinski definition) is 0. The molecule has 0 amide bonds. The molecule has 1 saturated carbocycles. The number of carbonyl (C=O) groups excluding carboxylic acids is 3. The molecule has 6 rings (SSSR count). The molecular weight excluding hydrogens is 436 g/mol. The van der Waals surface area contributed by atoms with Crippen molar-refractivity contribution in [1.82, 2.24) is 0 Å². The largest absolute Gasteiger partial charge is 0.469 e. The lowest BCUT2D eigenvalue weighted by Gasteiger charge is -2.60. The van der Waals surface area contributed by atoms with E-state index < -0.39 is 10.8 Å². The second-order valence-electron chi connectivity index (χ2n) is 11.5. The first-order valence-corrected chi connectivity index (χ1v) is 12.2. The molecule has 0 aromatic carbocycles. The van der Waals surface area contributed by atoms with E-state index in [1.165, 1.54) is 7.11 Å². The lowest BCUT2D eigenvalue weighted by molar-refractivity contribution is -0.188. The zero-order valence-electron chi connectivity index (χ0n) is 20.4. The highest BCUT2D eigenvalue weighted by Gasteiger charge is 2.75. The third-order valence-corrected chi connectivity index (χ3v) is 10.1. The molecule has 9 unspecified atom stereocenters. The molecule has 9 atom stereocenters. The fraction of sp³-hybridized carbons (Fsp3) is 0.667. The molecule has 0 radical (unpaired) electrons. The molecule has 3 aliphatic heterocycles. The number of esters is 2. The molecule has 0 aromatic rings. The number of ether oxygens (including phenoxy) is 4. The van der Waals surface area contributed by atoms with Crippen LogP contribution in [0.3, 0.4) is 0 Å². The van der Waals surface area contributed by atoms with Crippen LogP contribution in [-0.4, -0.2) is 56.4 Å². The van der Waals surface area contributed by atoms with Crippen LogP contribution in [0.15, 0.2) is 34.9 Å². The van der Waals surface area contributed by atoms with Gasteiger partial charge in [0, 0.05) is 33.7 Å². The predicted octanol–water partition coefficient (Wildman–Crippen LogP) is 2.94. The number of ketones is 1. The molecule has 7 heteroatoms. The summed E-state index contributed by atoms with van der Waals surface area (Å²) in [6.45, 7) is 9.19. The second kappa shape index (κ2) is 6.91. The third-order valence-electron chi connectivity index (χ3n) is 10.1. The van der Waals surface area contributed by atoms with Gasteiger partial charge in [0.1, 0.15) is 6.61 Å². The summed E-state index contributed by atoms with van der Waals surface area (Å²) in [6.07, 6.45) is 5.64. The molecule has 0 spiro atoms. The van der Waals surface area contributed by atoms with Crippen LogP contribution in [0.1, 0.15) is 40.5 Å². The van der Waals surface area contributed by atoms with Crippen LogP contribution in [0, 0.1) is 34.0 Å². The highest BCUT2D eigenvalue weighted by atomic mass is 16.6. The fourth-order valence-corrected chi connectivity index (χ4v) is 8.70. The van der Waals surface area contributed by atoms with Crippen LogP contribution < -0.4 is 0 Å². The number of hydrogen-bond acceptors (Lipinski definition) is 7. The van der Waals surface area contributed by atoms with E-state index in [2.05, 4.69) is 20.8 Å². The van der Waals surface area contributed by atoms with Crippen molar-refractivity contribution in [2.45, 2.75) is 58.8 Å². The number of fused-ring (bicyclic) bond motifs is 4. The van der Waals surface area contributed by atoms with Gasteiger partial charge in [-0.1, -0.05) is 32.4 Å². The number of methoxy groups -OCH3 is 1. The number of cyclic esters (lactones) is 1. The maximum absolute atomic E-state index is 13.7. The molecule has 2 saturated heterocycles. The smallest absolute Gasteiger partial charge is 0.334 e. The Morgan fingerprint density at radius 3 is 2.65 bits per heavy atom. The minimum absolute atomic E-state index is 0.0392. The Kier molecular flexibility index (Phi) is 4.52. The summed E-state index contributed by atoms with van der Waals surface area (Å²) in [5, 5.41) is 0. The summed E-state index contributed by atoms with van der Waals surface area (Å²) in [7, 11) is 1.39. The molecule has 0 bridgehead atoms. The quantitative estimate of drug-likeness (QED) is 0.465. The number of allylic oxidation sites excluding steroid dienone is 2. The Labute approximate surface area is 199 Å². The van der Waals surface area contributed by atoms with E-state index in [4.69, 9.17) is 18.9 Å². The van der Waals surface area contributed by atoms with E-state index >= 15 is 0 Å². The Bertz CT molecular complexity index is 1100. The summed E-state index contributed by atoms with van der Waals surface area (Å²) in [5.41, 5.74) is 1.19. The van der Waals surface area contributed by atoms with Gasteiger partial charge >= 0.3 is 11.9 Å². The van der Waals surface area contributed by atoms with Gasteiger partial charge < -0.3 is 18.9 Å². The van der Waals surface area contributed by atoms with Gasteiger partial charge in [-0.2, -0.15) is 0 Å². The van der Waals surface area contributed by atoms with Crippen molar-refractivity contribution in [1.29, 1.82) is 0 Å². The third kappa shape index (κ3) is 2.47. The molecule has 6 aliphatic rings. The van der Waals surface area contributed by atoms with E-state index in [9.17, 15) is 14.4 Å². The standard InChI is InChI=1S/C27H32O7/c1-13-15(14-7-9-32-24(14)30)10-16-20(13)27(4)17(11-19(29)31-5)26(3)18(28)6-8-25(2)12-33-21(22(25)26)23(27)34-16/h6-8,15-17,21-23H,9-12H2,1-5H3. The van der Waals surface area contributed by atoms with Crippen molar-refractivity contribution in [2.75, 3.05) is 20.3 Å². The molecule has 3 fully saturated rings. The van der Waals surface area contributed by atoms with Gasteiger partial charge in [0.15, 0.2) is 5.78 Å². The normalized spacial score (nSPS) is 48.4. The highest BCUT2D eigenvalue weighted by Crippen LogP contribution is 2.71. The van der Waals surface area contributed by atoms with Crippen molar-refractivity contribution in [3.8, 4) is 0 Å². The van der Waals surface area contributed by atoms with E-state index in [0.717, 1.165) is 11.1 Å². The molecule has 182 valence electrons. The topological polar surface area (TPSA) is 88.1 Å². The lowest BCUT2D eigenvalue weighted by atomic mass is 9.42. The minimum Gasteiger partial charge on any atom is -0.469 e. The predicted molar refractivity (Wildman–Crippen MR) is 120 cm³/mol. The molecule has 3 heterocycles. The highest BCUT2D eigenvalue weighted by molar-refractivity contribution is 5.97. The van der Waals surface area contributed by atoms with Gasteiger partial charge in [-0.25, -0.2) is 4.79 Å². The Balaban J connectivity index is 1.54. The van der Waals surface area contributed by atoms with Crippen molar-refractivity contribution in [3.05, 3.63) is 34.9 Å². The Morgan fingerprint density at radius 2 is 1.97 bits per heavy atom. The van der Waals surface area contributed by atoms with E-state index in [1.807, 2.05) is 19.1 Å². The maximum atomic E-state index is 13.7. The zero-order valence-corrected chi connectivity index (χ0v) is 20.4. The minimum atomic E-state index is -0.806. The molecular formula is C27H32O7. The van der Waals surface area contributed by atoms with Gasteiger partial charge in [-0.15, -0.1) is 0 Å². The van der Waals surface area contributed by atoms with Crippen molar-refractivity contribution in [3.63, 3.8) is 0 Å². The van der Waals surface area contributed by atoms with Gasteiger partial charge in [0.2, 0.25) is 0 Å². The van der Waals surface area contributed by atoms with Crippen LogP contribution in [0.25, 0.3) is 0 Å². The summed E-state index contributed by atoms with van der Waals surface area (Å²) >= 11 is 0. The van der Waals surface area contributed by atoms with Crippen molar-refractivity contribution in [2.24, 2.45) is 34.0 Å². The lowest BCUT2D eigenvalue weighted by Crippen LogP contribution is -2.66. The zero-order chi connectivity index (χ0) is 24.2. The van der Waals surface area contributed by atoms with Crippen LogP contribution in [0.4, 0.5) is 0 Å². The van der Waals surface area contributed by atoms with Crippen LogP contribution >= 0.6 is 0 Å². The monoisotopic (exact) mass is 468 g/mol. The van der Waals surface area contributed by atoms with E-state index in [1.54, 1.807) is 6.08 Å². The summed E-state index contributed by atoms with van der Waals surface area (Å²) < 4.78 is 23.5. The van der Waals surface area contributed by atoms with Gasteiger partial charge in [-0.3, -0.25) is 9.59 Å². The first-order chi connectivity index (χ1) is 16.1. The van der Waals surface area contributed by atoms with Gasteiger partial charge in [-0.05, 0) is 37.0 Å². The first-order valence-electron chi connectivity index (χ1n) is 12.2. The van der Waals surface area contributed by atoms with Crippen molar-refractivity contribution < 1.29 is 33.3 Å². The molecule has 0 N–H and O–H groups in total. The summed E-state index contributed by atoms with van der Waals surface area (Å²) in [6, 6.07) is 0. The van der Waals surface area contributed by atoms with Gasteiger partial charge in [0.05, 0.1) is 38.4 Å². The van der Waals surface area contributed by atoms with Crippen LogP contribution in [0.2, 0.25) is 0 Å². The molecule has 34 heavy (non-hydrogen) atoms. The van der Waals surface area contributed by atoms with E-state index in [-0.39, 0.29) is 65.6 Å². The average molecular weight is 469 g/mol. The molecule has 3 aliphatic carbocycles. The molecule has 0 aromatic heterocycles. The summed E-state index contributed by atoms with van der Waals surface area (Å²) in [5.74, 6) is -1.04.